The molecule has 4 saturated carbocycles. The van der Waals surface area contributed by atoms with E-state index in [9.17, 15) is 14.4 Å². The number of carbonyl (C=O) groups is 3. The lowest BCUT2D eigenvalue weighted by Crippen LogP contribution is -2.58. The molecule has 1 unspecified atom stereocenters. The van der Waals surface area contributed by atoms with Gasteiger partial charge in [0.2, 0.25) is 11.8 Å². The number of anilines is 1. The summed E-state index contributed by atoms with van der Waals surface area (Å²) >= 11 is 9.62. The normalized spacial score (nSPS) is 30.8. The van der Waals surface area contributed by atoms with Crippen molar-refractivity contribution in [2.75, 3.05) is 11.4 Å². The van der Waals surface area contributed by atoms with Gasteiger partial charge >= 0.3 is 0 Å². The number of imide groups is 1. The highest BCUT2D eigenvalue weighted by Crippen LogP contribution is 2.60. The fraction of sp³-hybridized carbons (Fsp3) is 0.483. The summed E-state index contributed by atoms with van der Waals surface area (Å²) in [5.74, 6) is 1.40. The van der Waals surface area contributed by atoms with E-state index >= 15 is 0 Å². The molecule has 5 fully saturated rings. The van der Waals surface area contributed by atoms with Crippen LogP contribution in [0.1, 0.15) is 50.5 Å². The third-order valence-electron chi connectivity index (χ3n) is 8.87. The predicted molar refractivity (Wildman–Crippen MR) is 143 cm³/mol. The SMILES string of the molecule is O=C1CC(N(CCc2cccc(Cl)c2)C(=O)C23CC4CC(CC(C4)C2)C3)C(=O)N1c1ccc(Br)cc1. The maximum absolute atomic E-state index is 14.4. The van der Waals surface area contributed by atoms with Crippen molar-refractivity contribution in [3.8, 4) is 0 Å². The maximum Gasteiger partial charge on any atom is 0.257 e. The zero-order chi connectivity index (χ0) is 25.0. The van der Waals surface area contributed by atoms with Gasteiger partial charge in [0.1, 0.15) is 6.04 Å². The van der Waals surface area contributed by atoms with E-state index in [0.717, 1.165) is 29.3 Å². The van der Waals surface area contributed by atoms with Crippen molar-refractivity contribution in [1.82, 2.24) is 4.90 Å². The number of benzene rings is 2. The molecular formula is C29H30BrClN2O3. The largest absolute Gasteiger partial charge is 0.329 e. The van der Waals surface area contributed by atoms with Gasteiger partial charge in [-0.25, -0.2) is 4.90 Å². The lowest BCUT2D eigenvalue weighted by Gasteiger charge is -2.57. The van der Waals surface area contributed by atoms with Gasteiger partial charge in [0, 0.05) is 16.0 Å². The van der Waals surface area contributed by atoms with E-state index in [2.05, 4.69) is 15.9 Å². The van der Waals surface area contributed by atoms with Crippen molar-refractivity contribution in [3.63, 3.8) is 0 Å². The summed E-state index contributed by atoms with van der Waals surface area (Å²) in [5, 5.41) is 0.653. The molecule has 1 saturated heterocycles. The van der Waals surface area contributed by atoms with E-state index in [0.29, 0.717) is 41.4 Å². The van der Waals surface area contributed by atoms with Crippen LogP contribution in [0.25, 0.3) is 0 Å². The average molecular weight is 570 g/mol. The average Bonchev–Trinajstić information content (AvgIpc) is 3.12. The van der Waals surface area contributed by atoms with Gasteiger partial charge < -0.3 is 4.90 Å². The minimum Gasteiger partial charge on any atom is -0.329 e. The monoisotopic (exact) mass is 568 g/mol. The number of halogens is 2. The molecule has 0 radical (unpaired) electrons. The molecule has 1 heterocycles. The highest BCUT2D eigenvalue weighted by Gasteiger charge is 2.57. The quantitative estimate of drug-likeness (QED) is 0.400. The molecule has 1 aliphatic heterocycles. The summed E-state index contributed by atoms with van der Waals surface area (Å²) in [7, 11) is 0. The van der Waals surface area contributed by atoms with Crippen LogP contribution in [0.2, 0.25) is 5.02 Å². The van der Waals surface area contributed by atoms with Crippen LogP contribution in [-0.4, -0.2) is 35.2 Å². The van der Waals surface area contributed by atoms with E-state index in [1.807, 2.05) is 36.4 Å². The van der Waals surface area contributed by atoms with Crippen LogP contribution in [0.15, 0.2) is 53.0 Å². The van der Waals surface area contributed by atoms with Crippen LogP contribution >= 0.6 is 27.5 Å². The van der Waals surface area contributed by atoms with E-state index in [4.69, 9.17) is 11.6 Å². The molecule has 36 heavy (non-hydrogen) atoms. The first kappa shape index (κ1) is 24.2. The number of nitrogens with zero attached hydrogens (tertiary/aromatic N) is 2. The van der Waals surface area contributed by atoms with Crippen molar-refractivity contribution < 1.29 is 14.4 Å². The molecule has 1 atom stereocenters. The second-order valence-corrected chi connectivity index (χ2v) is 12.7. The zero-order valence-electron chi connectivity index (χ0n) is 20.2. The first-order valence-electron chi connectivity index (χ1n) is 13.0. The molecule has 7 heteroatoms. The van der Waals surface area contributed by atoms with Gasteiger partial charge in [-0.3, -0.25) is 14.4 Å². The summed E-state index contributed by atoms with van der Waals surface area (Å²) in [4.78, 5) is 44.3. The minimum absolute atomic E-state index is 0.0303. The Morgan fingerprint density at radius 3 is 2.25 bits per heavy atom. The van der Waals surface area contributed by atoms with Crippen LogP contribution < -0.4 is 4.90 Å². The third kappa shape index (κ3) is 4.30. The van der Waals surface area contributed by atoms with Crippen molar-refractivity contribution >= 4 is 50.9 Å². The molecule has 4 aliphatic carbocycles. The van der Waals surface area contributed by atoms with E-state index in [-0.39, 0.29) is 29.6 Å². The van der Waals surface area contributed by atoms with Gasteiger partial charge in [-0.2, -0.15) is 0 Å². The lowest BCUT2D eigenvalue weighted by atomic mass is 9.49. The van der Waals surface area contributed by atoms with Crippen LogP contribution in [0, 0.1) is 23.2 Å². The Labute approximate surface area is 225 Å². The lowest BCUT2D eigenvalue weighted by molar-refractivity contribution is -0.161. The van der Waals surface area contributed by atoms with Gasteiger partial charge in [-0.15, -0.1) is 0 Å². The minimum atomic E-state index is -0.763. The van der Waals surface area contributed by atoms with Crippen LogP contribution in [0.5, 0.6) is 0 Å². The molecule has 2 aromatic carbocycles. The second-order valence-electron chi connectivity index (χ2n) is 11.3. The maximum atomic E-state index is 14.4. The van der Waals surface area contributed by atoms with E-state index in [1.54, 1.807) is 17.0 Å². The summed E-state index contributed by atoms with van der Waals surface area (Å²) in [6, 6.07) is 14.0. The summed E-state index contributed by atoms with van der Waals surface area (Å²) in [6.45, 7) is 0.402. The number of amides is 3. The van der Waals surface area contributed by atoms with E-state index in [1.165, 1.54) is 24.2 Å². The molecule has 3 amide bonds. The predicted octanol–water partition coefficient (Wildman–Crippen LogP) is 6.02. The first-order valence-corrected chi connectivity index (χ1v) is 14.2. The van der Waals surface area contributed by atoms with Gasteiger partial charge in [0.25, 0.3) is 5.91 Å². The van der Waals surface area contributed by atoms with Crippen LogP contribution in [-0.2, 0) is 20.8 Å². The molecule has 7 rings (SSSR count). The van der Waals surface area contributed by atoms with E-state index < -0.39 is 6.04 Å². The number of carbonyl (C=O) groups excluding carboxylic acids is 3. The van der Waals surface area contributed by atoms with Crippen LogP contribution in [0.3, 0.4) is 0 Å². The topological polar surface area (TPSA) is 57.7 Å². The third-order valence-corrected chi connectivity index (χ3v) is 9.63. The fourth-order valence-electron chi connectivity index (χ4n) is 7.74. The van der Waals surface area contributed by atoms with Gasteiger partial charge in [-0.05, 0) is 105 Å². The molecule has 5 nitrogen and oxygen atoms in total. The Morgan fingerprint density at radius 2 is 1.64 bits per heavy atom. The number of rotatable bonds is 6. The summed E-state index contributed by atoms with van der Waals surface area (Å²) in [5.41, 5.74) is 1.19. The van der Waals surface area contributed by atoms with Gasteiger partial charge in [0.15, 0.2) is 0 Å². The first-order chi connectivity index (χ1) is 17.3. The van der Waals surface area contributed by atoms with Crippen molar-refractivity contribution in [3.05, 3.63) is 63.6 Å². The van der Waals surface area contributed by atoms with Gasteiger partial charge in [-0.1, -0.05) is 39.7 Å². The molecule has 5 aliphatic rings. The molecular weight excluding hydrogens is 540 g/mol. The molecule has 188 valence electrons. The Bertz CT molecular complexity index is 1180. The Morgan fingerprint density at radius 1 is 1.00 bits per heavy atom. The van der Waals surface area contributed by atoms with Crippen molar-refractivity contribution in [2.24, 2.45) is 23.2 Å². The molecule has 0 aromatic heterocycles. The van der Waals surface area contributed by atoms with Gasteiger partial charge in [0.05, 0.1) is 17.5 Å². The molecule has 4 bridgehead atoms. The molecule has 0 spiro atoms. The molecule has 2 aromatic rings. The van der Waals surface area contributed by atoms with Crippen LogP contribution in [0.4, 0.5) is 5.69 Å². The highest BCUT2D eigenvalue weighted by atomic mass is 79.9. The Hall–Kier alpha value is -2.18. The smallest absolute Gasteiger partial charge is 0.257 e. The Balaban J connectivity index is 1.31. The van der Waals surface area contributed by atoms with Crippen molar-refractivity contribution in [2.45, 2.75) is 57.4 Å². The second kappa shape index (κ2) is 9.29. The Kier molecular flexibility index (Phi) is 6.24. The number of hydrogen-bond donors (Lipinski definition) is 0. The van der Waals surface area contributed by atoms with Crippen molar-refractivity contribution in [1.29, 1.82) is 0 Å². The summed E-state index contributed by atoms with van der Waals surface area (Å²) < 4.78 is 0.877. The standard InChI is InChI=1S/C29H30BrClN2O3/c30-22-4-6-24(7-5-22)33-26(34)14-25(27(33)35)32(9-8-18-2-1-3-23(31)13-18)28(36)29-15-19-10-20(16-29)12-21(11-19)17-29/h1-7,13,19-21,25H,8-12,14-17H2. The fourth-order valence-corrected chi connectivity index (χ4v) is 8.22. The molecule has 0 N–H and O–H groups in total. The number of hydrogen-bond acceptors (Lipinski definition) is 3. The zero-order valence-corrected chi connectivity index (χ0v) is 22.5. The highest BCUT2D eigenvalue weighted by molar-refractivity contribution is 9.10. The summed E-state index contributed by atoms with van der Waals surface area (Å²) in [6.07, 6.45) is 7.13.